The van der Waals surface area contributed by atoms with Crippen molar-refractivity contribution in [2.45, 2.75) is 89.6 Å². The van der Waals surface area contributed by atoms with Crippen molar-refractivity contribution in [3.63, 3.8) is 0 Å². The quantitative estimate of drug-likeness (QED) is 0.0843. The number of primary amides is 1. The summed E-state index contributed by atoms with van der Waals surface area (Å²) in [7, 11) is 5.07. The lowest BCUT2D eigenvalue weighted by atomic mass is 9.92. The van der Waals surface area contributed by atoms with Gasteiger partial charge >= 0.3 is 18.2 Å². The molecule has 2 aliphatic heterocycles. The molecule has 23 heteroatoms. The number of hydrogen-bond acceptors (Lipinski definition) is 14. The highest BCUT2D eigenvalue weighted by molar-refractivity contribution is 6.00. The third-order valence-corrected chi connectivity index (χ3v) is 15.4. The van der Waals surface area contributed by atoms with E-state index in [1.807, 2.05) is 66.5 Å². The van der Waals surface area contributed by atoms with Gasteiger partial charge in [0.25, 0.3) is 0 Å². The lowest BCUT2D eigenvalue weighted by Gasteiger charge is -2.42. The number of nitrogens with one attached hydrogen (secondary N) is 3. The minimum atomic E-state index is -1.41. The first kappa shape index (κ1) is 58.1. The van der Waals surface area contributed by atoms with Crippen LogP contribution in [-0.4, -0.2) is 167 Å². The van der Waals surface area contributed by atoms with Crippen LogP contribution in [0.2, 0.25) is 0 Å². The number of benzene rings is 3. The number of piperidine rings is 1. The van der Waals surface area contributed by atoms with E-state index in [1.165, 1.54) is 25.6 Å². The Kier molecular flexibility index (Phi) is 18.5. The van der Waals surface area contributed by atoms with E-state index >= 15 is 0 Å². The molecule has 4 heterocycles. The summed E-state index contributed by atoms with van der Waals surface area (Å²) in [6, 6.07) is 22.1. The molecule has 8 rings (SSSR count). The maximum absolute atomic E-state index is 14.0. The lowest BCUT2D eigenvalue weighted by Crippen LogP contribution is -2.57. The molecule has 2 saturated heterocycles. The zero-order valence-corrected chi connectivity index (χ0v) is 46.4. The molecule has 81 heavy (non-hydrogen) atoms. The second-order valence-corrected chi connectivity index (χ2v) is 21.2. The summed E-state index contributed by atoms with van der Waals surface area (Å²) in [6.07, 6.45) is 2.26. The number of nitriles is 1. The summed E-state index contributed by atoms with van der Waals surface area (Å²) in [4.78, 5) is 123. The maximum atomic E-state index is 14.0. The van der Waals surface area contributed by atoms with E-state index in [4.69, 9.17) is 20.5 Å². The molecule has 0 spiro atoms. The van der Waals surface area contributed by atoms with Crippen molar-refractivity contribution < 1.29 is 47.8 Å². The number of likely N-dealkylation sites (N-methyl/N-ethyl adjacent to an activating group) is 3. The summed E-state index contributed by atoms with van der Waals surface area (Å²) >= 11 is 0. The first-order valence-corrected chi connectivity index (χ1v) is 27.1. The Morgan fingerprint density at radius 1 is 0.840 bits per heavy atom. The average Bonchev–Trinajstić information content (AvgIpc) is 4.21. The number of likely N-dealkylation sites (tertiary alicyclic amines) is 2. The van der Waals surface area contributed by atoms with Gasteiger partial charge in [0.2, 0.25) is 29.5 Å². The number of carbonyl (C=O) groups is 8. The van der Waals surface area contributed by atoms with E-state index in [0.717, 1.165) is 28.7 Å². The Labute approximate surface area is 469 Å². The van der Waals surface area contributed by atoms with Gasteiger partial charge in [-0.2, -0.15) is 5.26 Å². The molecule has 8 amide bonds. The first-order valence-electron chi connectivity index (χ1n) is 27.1. The van der Waals surface area contributed by atoms with Crippen LogP contribution in [0.1, 0.15) is 75.5 Å². The number of anilines is 2. The normalized spacial score (nSPS) is 17.2. The zero-order valence-electron chi connectivity index (χ0n) is 46.4. The van der Waals surface area contributed by atoms with Gasteiger partial charge in [0.1, 0.15) is 49.9 Å². The van der Waals surface area contributed by atoms with Crippen LogP contribution in [0.5, 0.6) is 0 Å². The van der Waals surface area contributed by atoms with Crippen molar-refractivity contribution in [1.29, 1.82) is 5.26 Å². The number of carbonyl (C=O) groups excluding carboxylic acids is 8. The topological polar surface area (TPSA) is 288 Å². The molecule has 2 fully saturated rings. The number of hydrogen-bond donors (Lipinski definition) is 4. The Bertz CT molecular complexity index is 3170. The van der Waals surface area contributed by atoms with Crippen LogP contribution in [0.15, 0.2) is 91.4 Å². The molecule has 2 aromatic heterocycles. The summed E-state index contributed by atoms with van der Waals surface area (Å²) in [5, 5.41) is 17.9. The Balaban J connectivity index is 0.791. The molecule has 0 saturated carbocycles. The smallest absolute Gasteiger partial charge is 0.409 e. The van der Waals surface area contributed by atoms with Gasteiger partial charge < -0.3 is 55.7 Å². The van der Waals surface area contributed by atoms with Gasteiger partial charge in [-0.05, 0) is 77.1 Å². The highest BCUT2D eigenvalue weighted by Gasteiger charge is 2.41. The summed E-state index contributed by atoms with van der Waals surface area (Å²) < 4.78 is 12.6. The fourth-order valence-corrected chi connectivity index (χ4v) is 10.8. The third kappa shape index (κ3) is 13.3. The molecule has 23 nitrogen and oxygen atoms in total. The third-order valence-electron chi connectivity index (χ3n) is 15.4. The van der Waals surface area contributed by atoms with E-state index in [2.05, 4.69) is 32.8 Å². The van der Waals surface area contributed by atoms with Gasteiger partial charge in [-0.1, -0.05) is 81.4 Å². The van der Waals surface area contributed by atoms with Crippen LogP contribution in [0.25, 0.3) is 22.2 Å². The molecule has 426 valence electrons. The standard InChI is InChI=1S/C58H69N13O10/c1-35(2)50(65-53(74)46-16-11-25-70(46)55(76)45(30-48(60)72)64-56(77)80-33-44-41-14-9-7-12-39(41)40-13-8-10-15-42(40)44)54(75)63-38-19-17-37(18-20-38)32-81-58(79)67(5)29-28-66(4)57(78)71-27-23-43-51(61-34-62-52(43)71)68(6)47-31-69(26-22-36(47)3)49(73)21-24-59/h7-10,12-15,17-20,23,27,34-36,44-47,50H,11,16,21-22,25-26,28-33H2,1-6H3,(H2,60,72)(H,63,75)(H,64,77)(H,65,74)/t36-,45-,46+,47+,50+/m1/s1. The van der Waals surface area contributed by atoms with E-state index in [9.17, 15) is 38.4 Å². The number of fused-ring (bicyclic) bond motifs is 4. The monoisotopic (exact) mass is 1110 g/mol. The molecule has 0 radical (unpaired) electrons. The highest BCUT2D eigenvalue weighted by Crippen LogP contribution is 2.44. The summed E-state index contributed by atoms with van der Waals surface area (Å²) in [6.45, 7) is 7.03. The van der Waals surface area contributed by atoms with Crippen molar-refractivity contribution in [2.24, 2.45) is 17.6 Å². The average molecular weight is 1110 g/mol. The van der Waals surface area contributed by atoms with Crippen LogP contribution < -0.4 is 26.6 Å². The minimum absolute atomic E-state index is 0.0252. The second-order valence-electron chi connectivity index (χ2n) is 21.2. The number of ether oxygens (including phenoxy) is 2. The van der Waals surface area contributed by atoms with Crippen molar-refractivity contribution in [2.75, 3.05) is 70.7 Å². The van der Waals surface area contributed by atoms with Crippen molar-refractivity contribution in [1.82, 2.24) is 44.8 Å². The molecular formula is C58H69N13O10. The fraction of sp³-hybridized carbons (Fsp3) is 0.431. The number of nitrogens with zero attached hydrogens (tertiary/aromatic N) is 9. The number of rotatable bonds is 19. The molecular weight excluding hydrogens is 1040 g/mol. The van der Waals surface area contributed by atoms with Crippen molar-refractivity contribution >= 4 is 70.3 Å². The molecule has 5 N–H and O–H groups in total. The molecule has 1 aliphatic carbocycles. The molecule has 5 aromatic rings. The molecule has 0 bridgehead atoms. The largest absolute Gasteiger partial charge is 0.449 e. The SMILES string of the molecule is CC(C)[C@H](NC(=O)[C@@H]1CCCN1C(=O)[C@@H](CC(N)=O)NC(=O)OCC1c2ccccc2-c2ccccc21)C(=O)Nc1ccc(COC(=O)N(C)CCN(C)C(=O)n2ccc3c(N(C)[C@H]4CN(C(=O)CC#N)CC[C@H]4C)ncnc32)cc1. The second kappa shape index (κ2) is 25.8. The summed E-state index contributed by atoms with van der Waals surface area (Å²) in [5.74, 6) is -2.61. The Morgan fingerprint density at radius 3 is 2.19 bits per heavy atom. The highest BCUT2D eigenvalue weighted by atomic mass is 16.6. The van der Waals surface area contributed by atoms with Crippen LogP contribution >= 0.6 is 0 Å². The predicted molar refractivity (Wildman–Crippen MR) is 299 cm³/mol. The van der Waals surface area contributed by atoms with Gasteiger partial charge in [-0.3, -0.25) is 28.5 Å². The van der Waals surface area contributed by atoms with E-state index in [1.54, 1.807) is 69.4 Å². The Morgan fingerprint density at radius 2 is 1.52 bits per heavy atom. The molecule has 0 unspecified atom stereocenters. The van der Waals surface area contributed by atoms with Gasteiger partial charge in [-0.15, -0.1) is 0 Å². The van der Waals surface area contributed by atoms with Gasteiger partial charge in [0.05, 0.1) is 23.9 Å². The van der Waals surface area contributed by atoms with Gasteiger partial charge in [0.15, 0.2) is 5.65 Å². The van der Waals surface area contributed by atoms with Crippen LogP contribution in [0.4, 0.5) is 25.9 Å². The molecule has 3 aliphatic rings. The first-order chi connectivity index (χ1) is 38.8. The fourth-order valence-electron chi connectivity index (χ4n) is 10.8. The van der Waals surface area contributed by atoms with E-state index in [-0.39, 0.29) is 81.4 Å². The zero-order chi connectivity index (χ0) is 58.1. The number of alkyl carbamates (subject to hydrolysis) is 1. The summed E-state index contributed by atoms with van der Waals surface area (Å²) in [5.41, 5.74) is 11.0. The van der Waals surface area contributed by atoms with Crippen LogP contribution in [0, 0.1) is 23.2 Å². The van der Waals surface area contributed by atoms with Gasteiger partial charge in [-0.25, -0.2) is 24.4 Å². The van der Waals surface area contributed by atoms with Gasteiger partial charge in [0, 0.05) is 71.7 Å². The maximum Gasteiger partial charge on any atom is 0.409 e. The molecule has 3 aromatic carbocycles. The molecule has 5 atom stereocenters. The van der Waals surface area contributed by atoms with Crippen molar-refractivity contribution in [3.05, 3.63) is 108 Å². The van der Waals surface area contributed by atoms with Crippen molar-refractivity contribution in [3.8, 4) is 17.2 Å². The minimum Gasteiger partial charge on any atom is -0.449 e. The Hall–Kier alpha value is -9.07. The lowest BCUT2D eigenvalue weighted by molar-refractivity contribution is -0.141. The van der Waals surface area contributed by atoms with Crippen LogP contribution in [0.3, 0.4) is 0 Å². The number of amides is 8. The van der Waals surface area contributed by atoms with Crippen LogP contribution in [-0.2, 0) is 40.1 Å². The number of nitrogens with two attached hydrogens (primary N) is 1. The number of aromatic nitrogens is 3. The van der Waals surface area contributed by atoms with E-state index < -0.39 is 60.4 Å². The predicted octanol–water partition coefficient (Wildman–Crippen LogP) is 5.04. The van der Waals surface area contributed by atoms with E-state index in [0.29, 0.717) is 47.6 Å².